The maximum absolute atomic E-state index is 14.0. The maximum Gasteiger partial charge on any atom is 0.409 e. The number of carbonyl (C=O) groups excluding carboxylic acids is 1. The normalized spacial score (nSPS) is 16.5. The number of unbranched alkanes of at least 4 members (excludes halogenated alkanes) is 2. The van der Waals surface area contributed by atoms with Gasteiger partial charge in [-0.3, -0.25) is 10.2 Å². The van der Waals surface area contributed by atoms with Crippen LogP contribution in [0.25, 0.3) is 10.8 Å². The molecule has 7 heteroatoms. The van der Waals surface area contributed by atoms with Gasteiger partial charge in [-0.05, 0) is 23.4 Å². The van der Waals surface area contributed by atoms with Gasteiger partial charge in [0.2, 0.25) is 5.91 Å². The highest BCUT2D eigenvalue weighted by Crippen LogP contribution is 2.43. The molecule has 1 amide bonds. The summed E-state index contributed by atoms with van der Waals surface area (Å²) in [5.74, 6) is 0.0412. The molecular formula is C20H23F3N2O2. The minimum Gasteiger partial charge on any atom is -0.493 e. The Morgan fingerprint density at radius 3 is 2.56 bits per heavy atom. The van der Waals surface area contributed by atoms with Crippen LogP contribution in [-0.4, -0.2) is 30.2 Å². The van der Waals surface area contributed by atoms with Crippen molar-refractivity contribution < 1.29 is 22.7 Å². The number of nitrogens with zero attached hydrogens (tertiary/aromatic N) is 1. The second-order valence-corrected chi connectivity index (χ2v) is 6.68. The highest BCUT2D eigenvalue weighted by Gasteiger charge is 2.47. The van der Waals surface area contributed by atoms with Gasteiger partial charge < -0.3 is 4.74 Å². The maximum atomic E-state index is 14.0. The van der Waals surface area contributed by atoms with Gasteiger partial charge in [-0.2, -0.15) is 13.2 Å². The molecule has 1 aliphatic rings. The average molecular weight is 380 g/mol. The van der Waals surface area contributed by atoms with E-state index in [-0.39, 0.29) is 18.5 Å². The van der Waals surface area contributed by atoms with Crippen LogP contribution in [-0.2, 0) is 4.79 Å². The topological polar surface area (TPSA) is 41.6 Å². The van der Waals surface area contributed by atoms with Gasteiger partial charge in [0, 0.05) is 18.4 Å². The zero-order valence-corrected chi connectivity index (χ0v) is 15.2. The summed E-state index contributed by atoms with van der Waals surface area (Å²) in [6.45, 7) is 2.55. The third-order valence-electron chi connectivity index (χ3n) is 4.67. The van der Waals surface area contributed by atoms with Crippen molar-refractivity contribution in [2.24, 2.45) is 0 Å². The van der Waals surface area contributed by atoms with Crippen LogP contribution in [0.4, 0.5) is 13.2 Å². The molecule has 1 N–H and O–H groups in total. The number of ether oxygens (including phenoxy) is 1. The molecule has 1 fully saturated rings. The first kappa shape index (κ1) is 19.5. The van der Waals surface area contributed by atoms with Crippen molar-refractivity contribution in [2.45, 2.75) is 44.8 Å². The van der Waals surface area contributed by atoms with E-state index >= 15 is 0 Å². The van der Waals surface area contributed by atoms with E-state index in [9.17, 15) is 18.0 Å². The van der Waals surface area contributed by atoms with Crippen molar-refractivity contribution in [2.75, 3.05) is 13.2 Å². The lowest BCUT2D eigenvalue weighted by molar-refractivity contribution is -0.190. The van der Waals surface area contributed by atoms with Gasteiger partial charge in [0.25, 0.3) is 0 Å². The van der Waals surface area contributed by atoms with Gasteiger partial charge in [-0.1, -0.05) is 50.1 Å². The number of nitrogens with one attached hydrogen (secondary N) is 1. The molecule has 0 spiro atoms. The Morgan fingerprint density at radius 1 is 1.19 bits per heavy atom. The highest BCUT2D eigenvalue weighted by molar-refractivity contribution is 5.92. The standard InChI is InChI=1S/C20H23F3N2O2/c1-2-3-4-13-27-16-10-6-8-14-7-5-9-15(18(14)16)19(20(21,22)23)25-12-11-17(26)24-25/h5-10,19H,2-4,11-13H2,1H3,(H,24,26). The first-order valence-corrected chi connectivity index (χ1v) is 9.19. The molecule has 0 aromatic heterocycles. The minimum absolute atomic E-state index is 0.0128. The summed E-state index contributed by atoms with van der Waals surface area (Å²) in [6.07, 6.45) is -1.60. The van der Waals surface area contributed by atoms with Crippen LogP contribution in [0.2, 0.25) is 0 Å². The number of hydrazine groups is 1. The second-order valence-electron chi connectivity index (χ2n) is 6.68. The zero-order valence-electron chi connectivity index (χ0n) is 15.2. The van der Waals surface area contributed by atoms with Crippen LogP contribution in [0.1, 0.15) is 44.2 Å². The van der Waals surface area contributed by atoms with E-state index in [0.29, 0.717) is 23.1 Å². The molecule has 0 saturated carbocycles. The van der Waals surface area contributed by atoms with E-state index in [2.05, 4.69) is 12.3 Å². The minimum atomic E-state index is -4.54. The summed E-state index contributed by atoms with van der Waals surface area (Å²) >= 11 is 0. The van der Waals surface area contributed by atoms with Crippen LogP contribution in [0.3, 0.4) is 0 Å². The Labute approximate surface area is 156 Å². The fourth-order valence-electron chi connectivity index (χ4n) is 3.43. The number of hydrogen-bond acceptors (Lipinski definition) is 3. The Morgan fingerprint density at radius 2 is 1.93 bits per heavy atom. The van der Waals surface area contributed by atoms with E-state index in [1.807, 2.05) is 0 Å². The number of carbonyl (C=O) groups is 1. The molecule has 0 radical (unpaired) electrons. The molecule has 146 valence electrons. The third kappa shape index (κ3) is 4.35. The van der Waals surface area contributed by atoms with Gasteiger partial charge in [-0.25, -0.2) is 5.01 Å². The molecule has 0 aliphatic carbocycles. The molecule has 2 aromatic carbocycles. The van der Waals surface area contributed by atoms with Crippen molar-refractivity contribution in [3.63, 3.8) is 0 Å². The summed E-state index contributed by atoms with van der Waals surface area (Å²) in [5.41, 5.74) is 2.43. The first-order valence-electron chi connectivity index (χ1n) is 9.19. The summed E-state index contributed by atoms with van der Waals surface area (Å²) < 4.78 is 47.7. The molecule has 1 aliphatic heterocycles. The lowest BCUT2D eigenvalue weighted by atomic mass is 9.97. The largest absolute Gasteiger partial charge is 0.493 e. The summed E-state index contributed by atoms with van der Waals surface area (Å²) in [7, 11) is 0. The Bertz CT molecular complexity index is 802. The Balaban J connectivity index is 2.04. The smallest absolute Gasteiger partial charge is 0.409 e. The zero-order chi connectivity index (χ0) is 19.4. The molecule has 1 heterocycles. The summed E-state index contributed by atoms with van der Waals surface area (Å²) in [6, 6.07) is 8.17. The molecule has 1 atom stereocenters. The van der Waals surface area contributed by atoms with Crippen molar-refractivity contribution in [1.82, 2.24) is 10.4 Å². The SMILES string of the molecule is CCCCCOc1cccc2cccc(C(N3CCC(=O)N3)C(F)(F)F)c12. The lowest BCUT2D eigenvalue weighted by Gasteiger charge is -2.30. The van der Waals surface area contributed by atoms with Gasteiger partial charge in [0.15, 0.2) is 6.04 Å². The van der Waals surface area contributed by atoms with Crippen LogP contribution in [0, 0.1) is 0 Å². The Hall–Kier alpha value is -2.28. The fraction of sp³-hybridized carbons (Fsp3) is 0.450. The molecular weight excluding hydrogens is 357 g/mol. The van der Waals surface area contributed by atoms with E-state index < -0.39 is 18.1 Å². The van der Waals surface area contributed by atoms with Crippen molar-refractivity contribution in [1.29, 1.82) is 0 Å². The molecule has 4 nitrogen and oxygen atoms in total. The third-order valence-corrected chi connectivity index (χ3v) is 4.67. The molecule has 0 bridgehead atoms. The number of benzene rings is 2. The van der Waals surface area contributed by atoms with Gasteiger partial charge in [-0.15, -0.1) is 0 Å². The molecule has 27 heavy (non-hydrogen) atoms. The molecule has 2 aromatic rings. The number of amides is 1. The average Bonchev–Trinajstić information content (AvgIpc) is 3.03. The van der Waals surface area contributed by atoms with Crippen LogP contribution < -0.4 is 10.2 Å². The van der Waals surface area contributed by atoms with Crippen molar-refractivity contribution in [3.8, 4) is 5.75 Å². The number of rotatable bonds is 7. The van der Waals surface area contributed by atoms with E-state index in [0.717, 1.165) is 24.3 Å². The van der Waals surface area contributed by atoms with Crippen molar-refractivity contribution >= 4 is 16.7 Å². The molecule has 1 unspecified atom stereocenters. The number of hydrogen-bond donors (Lipinski definition) is 1. The summed E-state index contributed by atoms with van der Waals surface area (Å²) in [5, 5.41) is 2.10. The highest BCUT2D eigenvalue weighted by atomic mass is 19.4. The van der Waals surface area contributed by atoms with E-state index in [1.165, 1.54) is 6.07 Å². The fourth-order valence-corrected chi connectivity index (χ4v) is 3.43. The van der Waals surface area contributed by atoms with Gasteiger partial charge >= 0.3 is 6.18 Å². The predicted octanol–water partition coefficient (Wildman–Crippen LogP) is 4.75. The second kappa shape index (κ2) is 8.17. The van der Waals surface area contributed by atoms with Gasteiger partial charge in [0.05, 0.1) is 6.61 Å². The van der Waals surface area contributed by atoms with Crippen LogP contribution in [0.5, 0.6) is 5.75 Å². The Kier molecular flexibility index (Phi) is 5.89. The first-order chi connectivity index (χ1) is 12.9. The number of alkyl halides is 3. The molecule has 3 rings (SSSR count). The van der Waals surface area contributed by atoms with E-state index in [4.69, 9.17) is 4.74 Å². The van der Waals surface area contributed by atoms with Crippen LogP contribution in [0.15, 0.2) is 36.4 Å². The van der Waals surface area contributed by atoms with E-state index in [1.54, 1.807) is 30.3 Å². The van der Waals surface area contributed by atoms with Crippen molar-refractivity contribution in [3.05, 3.63) is 42.0 Å². The predicted molar refractivity (Wildman–Crippen MR) is 97.2 cm³/mol. The summed E-state index contributed by atoms with van der Waals surface area (Å²) in [4.78, 5) is 11.5. The molecule has 1 saturated heterocycles. The lowest BCUT2D eigenvalue weighted by Crippen LogP contribution is -2.43. The monoisotopic (exact) mass is 380 g/mol. The number of fused-ring (bicyclic) bond motifs is 1. The quantitative estimate of drug-likeness (QED) is 0.705. The van der Waals surface area contributed by atoms with Gasteiger partial charge in [0.1, 0.15) is 5.75 Å². The number of halogens is 3. The van der Waals surface area contributed by atoms with Crippen LogP contribution >= 0.6 is 0 Å².